The van der Waals surface area contributed by atoms with Crippen LogP contribution in [0.25, 0.3) is 0 Å². The number of ether oxygens (including phenoxy) is 2. The number of likely N-dealkylation sites (tertiary alicyclic amines) is 2. The monoisotopic (exact) mass is 381 g/mol. The summed E-state index contributed by atoms with van der Waals surface area (Å²) in [6.07, 6.45) is 3.77. The highest BCUT2D eigenvalue weighted by Crippen LogP contribution is 2.26. The summed E-state index contributed by atoms with van der Waals surface area (Å²) in [6.45, 7) is 11.8. The number of piperidine rings is 2. The van der Waals surface area contributed by atoms with Gasteiger partial charge in [-0.1, -0.05) is 0 Å². The van der Waals surface area contributed by atoms with Gasteiger partial charge in [-0.2, -0.15) is 0 Å². The molecule has 3 heterocycles. The zero-order chi connectivity index (χ0) is 19.4. The van der Waals surface area contributed by atoms with Crippen molar-refractivity contribution < 1.29 is 19.1 Å². The van der Waals surface area contributed by atoms with Crippen LogP contribution in [-0.4, -0.2) is 90.8 Å². The van der Waals surface area contributed by atoms with Crippen LogP contribution >= 0.6 is 0 Å². The molecule has 154 valence electrons. The molecule has 2 amide bonds. The van der Waals surface area contributed by atoms with E-state index in [1.807, 2.05) is 30.6 Å². The molecule has 0 aromatic carbocycles. The predicted molar refractivity (Wildman–Crippen MR) is 103 cm³/mol. The Hall–Kier alpha value is -1.34. The number of rotatable bonds is 2. The minimum atomic E-state index is -0.451. The van der Waals surface area contributed by atoms with Gasteiger partial charge in [-0.05, 0) is 53.0 Å². The van der Waals surface area contributed by atoms with Crippen molar-refractivity contribution in [1.82, 2.24) is 14.7 Å². The van der Waals surface area contributed by atoms with Crippen molar-refractivity contribution >= 4 is 12.0 Å². The van der Waals surface area contributed by atoms with E-state index in [9.17, 15) is 9.59 Å². The fourth-order valence-corrected chi connectivity index (χ4v) is 4.32. The lowest BCUT2D eigenvalue weighted by atomic mass is 9.93. The third-order valence-corrected chi connectivity index (χ3v) is 5.76. The smallest absolute Gasteiger partial charge is 0.410 e. The number of carbonyl (C=O) groups is 2. The molecule has 0 unspecified atom stereocenters. The van der Waals surface area contributed by atoms with Crippen molar-refractivity contribution in [2.75, 3.05) is 52.5 Å². The molecule has 3 rings (SSSR count). The fraction of sp³-hybridized carbons (Fsp3) is 0.900. The van der Waals surface area contributed by atoms with Gasteiger partial charge < -0.3 is 19.3 Å². The standard InChI is InChI=1S/C20H35N3O4/c1-20(2,3)27-19(25)22-9-6-17(7-10-22)23-8-4-5-16(15-23)18(24)21-11-13-26-14-12-21/h16-17H,4-15H2,1-3H3/t16-/m1/s1. The summed E-state index contributed by atoms with van der Waals surface area (Å²) in [5, 5.41) is 0. The second kappa shape index (κ2) is 8.78. The maximum absolute atomic E-state index is 12.8. The molecule has 0 radical (unpaired) electrons. The molecule has 7 heteroatoms. The Morgan fingerprint density at radius 2 is 1.59 bits per heavy atom. The Morgan fingerprint density at radius 1 is 0.926 bits per heavy atom. The van der Waals surface area contributed by atoms with Crippen molar-refractivity contribution in [3.8, 4) is 0 Å². The first-order valence-corrected chi connectivity index (χ1v) is 10.4. The van der Waals surface area contributed by atoms with Gasteiger partial charge >= 0.3 is 6.09 Å². The average molecular weight is 382 g/mol. The molecular weight excluding hydrogens is 346 g/mol. The molecule has 1 atom stereocenters. The Kier molecular flexibility index (Phi) is 6.63. The van der Waals surface area contributed by atoms with E-state index < -0.39 is 5.60 Å². The number of carbonyl (C=O) groups excluding carboxylic acids is 2. The van der Waals surface area contributed by atoms with Crippen molar-refractivity contribution in [2.24, 2.45) is 5.92 Å². The normalized spacial score (nSPS) is 26.1. The molecule has 3 aliphatic heterocycles. The lowest BCUT2D eigenvalue weighted by Gasteiger charge is -2.43. The summed E-state index contributed by atoms with van der Waals surface area (Å²) < 4.78 is 10.9. The van der Waals surface area contributed by atoms with Crippen LogP contribution in [0.1, 0.15) is 46.5 Å². The van der Waals surface area contributed by atoms with Crippen LogP contribution in [0.4, 0.5) is 4.79 Å². The maximum atomic E-state index is 12.8. The first-order chi connectivity index (χ1) is 12.8. The average Bonchev–Trinajstić information content (AvgIpc) is 2.67. The van der Waals surface area contributed by atoms with Gasteiger partial charge in [0.1, 0.15) is 5.60 Å². The Labute approximate surface area is 162 Å². The minimum absolute atomic E-state index is 0.112. The van der Waals surface area contributed by atoms with Gasteiger partial charge in [-0.3, -0.25) is 9.69 Å². The van der Waals surface area contributed by atoms with E-state index in [0.29, 0.717) is 25.2 Å². The van der Waals surface area contributed by atoms with Gasteiger partial charge in [-0.25, -0.2) is 4.79 Å². The van der Waals surface area contributed by atoms with Gasteiger partial charge in [0.25, 0.3) is 0 Å². The molecule has 3 saturated heterocycles. The van der Waals surface area contributed by atoms with Crippen LogP contribution in [-0.2, 0) is 14.3 Å². The minimum Gasteiger partial charge on any atom is -0.444 e. The largest absolute Gasteiger partial charge is 0.444 e. The van der Waals surface area contributed by atoms with Crippen molar-refractivity contribution in [1.29, 1.82) is 0 Å². The highest BCUT2D eigenvalue weighted by atomic mass is 16.6. The van der Waals surface area contributed by atoms with Crippen molar-refractivity contribution in [2.45, 2.75) is 58.1 Å². The summed E-state index contributed by atoms with van der Waals surface area (Å²) in [6, 6.07) is 0.462. The molecule has 7 nitrogen and oxygen atoms in total. The van der Waals surface area contributed by atoms with Gasteiger partial charge in [0.05, 0.1) is 19.1 Å². The number of amides is 2. The first kappa shape index (κ1) is 20.4. The van der Waals surface area contributed by atoms with E-state index in [-0.39, 0.29) is 12.0 Å². The van der Waals surface area contributed by atoms with E-state index in [0.717, 1.165) is 65.0 Å². The predicted octanol–water partition coefficient (Wildman–Crippen LogP) is 1.96. The highest BCUT2D eigenvalue weighted by Gasteiger charge is 2.35. The first-order valence-electron chi connectivity index (χ1n) is 10.4. The van der Waals surface area contributed by atoms with E-state index in [2.05, 4.69) is 4.90 Å². The lowest BCUT2D eigenvalue weighted by molar-refractivity contribution is -0.141. The molecule has 0 aromatic rings. The highest BCUT2D eigenvalue weighted by molar-refractivity contribution is 5.79. The Balaban J connectivity index is 1.48. The molecule has 0 aliphatic carbocycles. The van der Waals surface area contributed by atoms with E-state index in [1.165, 1.54) is 0 Å². The summed E-state index contributed by atoms with van der Waals surface area (Å²) in [7, 11) is 0. The third-order valence-electron chi connectivity index (χ3n) is 5.76. The van der Waals surface area contributed by atoms with E-state index >= 15 is 0 Å². The van der Waals surface area contributed by atoms with Crippen LogP contribution in [0.5, 0.6) is 0 Å². The second-order valence-electron chi connectivity index (χ2n) is 8.97. The number of hydrogen-bond donors (Lipinski definition) is 0. The number of hydrogen-bond acceptors (Lipinski definition) is 5. The number of nitrogens with zero attached hydrogens (tertiary/aromatic N) is 3. The van der Waals surface area contributed by atoms with Crippen LogP contribution < -0.4 is 0 Å². The summed E-state index contributed by atoms with van der Waals surface area (Å²) in [4.78, 5) is 31.4. The number of morpholine rings is 1. The summed E-state index contributed by atoms with van der Waals surface area (Å²) >= 11 is 0. The molecule has 0 aromatic heterocycles. The van der Waals surface area contributed by atoms with Gasteiger partial charge in [0, 0.05) is 38.8 Å². The molecule has 0 saturated carbocycles. The van der Waals surface area contributed by atoms with Gasteiger partial charge in [0.2, 0.25) is 5.91 Å². The van der Waals surface area contributed by atoms with Crippen molar-refractivity contribution in [3.63, 3.8) is 0 Å². The van der Waals surface area contributed by atoms with E-state index in [1.54, 1.807) is 0 Å². The summed E-state index contributed by atoms with van der Waals surface area (Å²) in [5.41, 5.74) is -0.451. The molecule has 27 heavy (non-hydrogen) atoms. The Morgan fingerprint density at radius 3 is 2.22 bits per heavy atom. The zero-order valence-corrected chi connectivity index (χ0v) is 17.1. The third kappa shape index (κ3) is 5.57. The molecule has 3 aliphatic rings. The Bertz CT molecular complexity index is 520. The molecule has 3 fully saturated rings. The van der Waals surface area contributed by atoms with Crippen LogP contribution in [0.3, 0.4) is 0 Å². The SMILES string of the molecule is CC(C)(C)OC(=O)N1CCC(N2CCC[C@@H](C(=O)N3CCOCC3)C2)CC1. The molecule has 0 bridgehead atoms. The van der Waals surface area contributed by atoms with Crippen LogP contribution in [0.15, 0.2) is 0 Å². The van der Waals surface area contributed by atoms with Gasteiger partial charge in [-0.15, -0.1) is 0 Å². The van der Waals surface area contributed by atoms with Crippen LogP contribution in [0.2, 0.25) is 0 Å². The zero-order valence-electron chi connectivity index (χ0n) is 17.1. The van der Waals surface area contributed by atoms with Gasteiger partial charge in [0.15, 0.2) is 0 Å². The topological polar surface area (TPSA) is 62.3 Å². The molecule has 0 spiro atoms. The van der Waals surface area contributed by atoms with Crippen LogP contribution in [0, 0.1) is 5.92 Å². The quantitative estimate of drug-likeness (QED) is 0.732. The molecule has 0 N–H and O–H groups in total. The lowest BCUT2D eigenvalue weighted by Crippen LogP contribution is -2.53. The van der Waals surface area contributed by atoms with E-state index in [4.69, 9.17) is 9.47 Å². The fourth-order valence-electron chi connectivity index (χ4n) is 4.32. The summed E-state index contributed by atoms with van der Waals surface area (Å²) in [5.74, 6) is 0.412. The second-order valence-corrected chi connectivity index (χ2v) is 8.97. The maximum Gasteiger partial charge on any atom is 0.410 e. The molecular formula is C20H35N3O4. The van der Waals surface area contributed by atoms with Crippen molar-refractivity contribution in [3.05, 3.63) is 0 Å².